The molecular weight excluding hydrogens is 228 g/mol. The summed E-state index contributed by atoms with van der Waals surface area (Å²) in [5.74, 6) is 0.640. The first-order valence-corrected chi connectivity index (χ1v) is 6.87. The maximum Gasteiger partial charge on any atom is 0.309 e. The molecule has 6 atom stereocenters. The zero-order chi connectivity index (χ0) is 13.1. The molecule has 0 aromatic rings. The number of carbonyl (C=O) groups is 2. The Hall–Kier alpha value is -1.12. The molecule has 0 aromatic carbocycles. The summed E-state index contributed by atoms with van der Waals surface area (Å²) in [4.78, 5) is 23.8. The van der Waals surface area contributed by atoms with E-state index in [1.807, 2.05) is 19.9 Å². The molecule has 3 rings (SSSR count). The standard InChI is InChI=1S/C15H20O3/c1-4-15-6-5-10-8(2)14(17)18-13(10)12(15)9(3)11(16)7-15/h4,8-10,12-13H,1,5-7H2,2-3H3/t8-,9+,10-,12+,13-,15+/m0/s1. The highest BCUT2D eigenvalue weighted by Gasteiger charge is 2.61. The van der Waals surface area contributed by atoms with Gasteiger partial charge in [0.25, 0.3) is 0 Å². The van der Waals surface area contributed by atoms with Gasteiger partial charge in [-0.05, 0) is 12.8 Å². The zero-order valence-electron chi connectivity index (χ0n) is 11.0. The van der Waals surface area contributed by atoms with Crippen LogP contribution in [-0.4, -0.2) is 17.9 Å². The van der Waals surface area contributed by atoms with Gasteiger partial charge in [0.15, 0.2) is 0 Å². The van der Waals surface area contributed by atoms with E-state index in [0.717, 1.165) is 12.8 Å². The quantitative estimate of drug-likeness (QED) is 0.528. The van der Waals surface area contributed by atoms with E-state index < -0.39 is 0 Å². The first-order valence-electron chi connectivity index (χ1n) is 6.87. The molecule has 98 valence electrons. The molecule has 0 amide bonds. The number of ketones is 1. The molecule has 3 heteroatoms. The summed E-state index contributed by atoms with van der Waals surface area (Å²) in [6, 6.07) is 0. The van der Waals surface area contributed by atoms with Crippen LogP contribution in [0, 0.1) is 29.1 Å². The second-order valence-corrected chi connectivity index (χ2v) is 6.29. The topological polar surface area (TPSA) is 43.4 Å². The summed E-state index contributed by atoms with van der Waals surface area (Å²) in [7, 11) is 0. The number of rotatable bonds is 1. The third kappa shape index (κ3) is 1.30. The number of hydrogen-bond donors (Lipinski definition) is 0. The van der Waals surface area contributed by atoms with Gasteiger partial charge in [-0.15, -0.1) is 6.58 Å². The van der Waals surface area contributed by atoms with Crippen LogP contribution >= 0.6 is 0 Å². The van der Waals surface area contributed by atoms with E-state index in [1.165, 1.54) is 0 Å². The Morgan fingerprint density at radius 1 is 1.33 bits per heavy atom. The average molecular weight is 248 g/mol. The molecule has 2 aliphatic carbocycles. The molecule has 1 heterocycles. The van der Waals surface area contributed by atoms with Crippen LogP contribution in [0.5, 0.6) is 0 Å². The smallest absolute Gasteiger partial charge is 0.309 e. The molecule has 3 aliphatic rings. The van der Waals surface area contributed by atoms with Crippen molar-refractivity contribution in [2.45, 2.75) is 39.2 Å². The summed E-state index contributed by atoms with van der Waals surface area (Å²) in [6.45, 7) is 7.88. The van der Waals surface area contributed by atoms with Crippen molar-refractivity contribution < 1.29 is 14.3 Å². The molecule has 18 heavy (non-hydrogen) atoms. The van der Waals surface area contributed by atoms with E-state index in [-0.39, 0.29) is 35.2 Å². The largest absolute Gasteiger partial charge is 0.461 e. The molecule has 2 saturated carbocycles. The number of ether oxygens (including phenoxy) is 1. The minimum atomic E-state index is -0.123. The number of hydrogen-bond acceptors (Lipinski definition) is 3. The fourth-order valence-corrected chi connectivity index (χ4v) is 4.46. The van der Waals surface area contributed by atoms with Crippen molar-refractivity contribution in [1.29, 1.82) is 0 Å². The SMILES string of the molecule is C=C[C@]12CC[C@@H]3[C@H](OC(=O)[C@H]3C)[C@H]1[C@H](C)C(=O)C2. The number of carbonyl (C=O) groups excluding carboxylic acids is 2. The van der Waals surface area contributed by atoms with Crippen molar-refractivity contribution in [1.82, 2.24) is 0 Å². The number of esters is 1. The first kappa shape index (κ1) is 11.9. The van der Waals surface area contributed by atoms with Crippen LogP contribution in [-0.2, 0) is 14.3 Å². The fourth-order valence-electron chi connectivity index (χ4n) is 4.46. The molecule has 0 aromatic heterocycles. The Balaban J connectivity index is 2.01. The van der Waals surface area contributed by atoms with E-state index in [1.54, 1.807) is 0 Å². The van der Waals surface area contributed by atoms with Crippen molar-refractivity contribution in [3.63, 3.8) is 0 Å². The molecule has 3 fully saturated rings. The van der Waals surface area contributed by atoms with Gasteiger partial charge in [0, 0.05) is 29.6 Å². The van der Waals surface area contributed by atoms with Gasteiger partial charge in [0.05, 0.1) is 5.92 Å². The van der Waals surface area contributed by atoms with Gasteiger partial charge in [-0.1, -0.05) is 19.9 Å². The van der Waals surface area contributed by atoms with Crippen LogP contribution < -0.4 is 0 Å². The van der Waals surface area contributed by atoms with Crippen molar-refractivity contribution >= 4 is 11.8 Å². The third-order valence-electron chi connectivity index (χ3n) is 5.61. The molecule has 1 saturated heterocycles. The van der Waals surface area contributed by atoms with Crippen LogP contribution in [0.4, 0.5) is 0 Å². The highest BCUT2D eigenvalue weighted by Crippen LogP contribution is 2.59. The summed E-state index contributed by atoms with van der Waals surface area (Å²) in [5, 5.41) is 0. The minimum absolute atomic E-state index is 0.00565. The molecule has 1 aliphatic heterocycles. The highest BCUT2D eigenvalue weighted by atomic mass is 16.6. The van der Waals surface area contributed by atoms with Gasteiger partial charge in [-0.25, -0.2) is 0 Å². The second kappa shape index (κ2) is 3.69. The molecular formula is C15H20O3. The van der Waals surface area contributed by atoms with Crippen LogP contribution in [0.25, 0.3) is 0 Å². The first-order chi connectivity index (χ1) is 8.50. The molecule has 0 N–H and O–H groups in total. The normalized spacial score (nSPS) is 50.7. The molecule has 3 nitrogen and oxygen atoms in total. The van der Waals surface area contributed by atoms with Gasteiger partial charge in [-0.3, -0.25) is 9.59 Å². The minimum Gasteiger partial charge on any atom is -0.461 e. The lowest BCUT2D eigenvalue weighted by atomic mass is 9.61. The predicted molar refractivity (Wildman–Crippen MR) is 66.7 cm³/mol. The lowest BCUT2D eigenvalue weighted by Gasteiger charge is -2.43. The summed E-state index contributed by atoms with van der Waals surface area (Å²) < 4.78 is 5.60. The Morgan fingerprint density at radius 3 is 2.72 bits per heavy atom. The van der Waals surface area contributed by atoms with Crippen molar-refractivity contribution in [2.75, 3.05) is 0 Å². The Labute approximate surface area is 108 Å². The predicted octanol–water partition coefficient (Wildman–Crippen LogP) is 2.36. The number of fused-ring (bicyclic) bond motifs is 3. The van der Waals surface area contributed by atoms with Crippen molar-refractivity contribution in [2.24, 2.45) is 29.1 Å². The van der Waals surface area contributed by atoms with Crippen molar-refractivity contribution in [3.8, 4) is 0 Å². The van der Waals surface area contributed by atoms with Gasteiger partial charge in [0.2, 0.25) is 0 Å². The van der Waals surface area contributed by atoms with Crippen LogP contribution in [0.15, 0.2) is 12.7 Å². The van der Waals surface area contributed by atoms with E-state index in [0.29, 0.717) is 18.1 Å². The zero-order valence-corrected chi connectivity index (χ0v) is 11.0. The van der Waals surface area contributed by atoms with Gasteiger partial charge in [-0.2, -0.15) is 0 Å². The van der Waals surface area contributed by atoms with Crippen LogP contribution in [0.2, 0.25) is 0 Å². The maximum absolute atomic E-state index is 12.1. The van der Waals surface area contributed by atoms with Crippen molar-refractivity contribution in [3.05, 3.63) is 12.7 Å². The number of allylic oxidation sites excluding steroid dienone is 1. The maximum atomic E-state index is 12.1. The Bertz CT molecular complexity index is 427. The van der Waals surface area contributed by atoms with E-state index in [4.69, 9.17) is 4.74 Å². The van der Waals surface area contributed by atoms with Gasteiger partial charge in [0.1, 0.15) is 11.9 Å². The molecule has 0 spiro atoms. The monoisotopic (exact) mass is 248 g/mol. The summed E-state index contributed by atoms with van der Waals surface area (Å²) in [5.41, 5.74) is -0.123. The van der Waals surface area contributed by atoms with E-state index in [2.05, 4.69) is 6.58 Å². The Kier molecular flexibility index (Phi) is 2.45. The molecule has 0 radical (unpaired) electrons. The number of Topliss-reactive ketones (excluding diaryl/α,β-unsaturated/α-hetero) is 1. The Morgan fingerprint density at radius 2 is 2.06 bits per heavy atom. The van der Waals surface area contributed by atoms with Crippen LogP contribution in [0.1, 0.15) is 33.1 Å². The second-order valence-electron chi connectivity index (χ2n) is 6.29. The van der Waals surface area contributed by atoms with Crippen LogP contribution in [0.3, 0.4) is 0 Å². The fraction of sp³-hybridized carbons (Fsp3) is 0.733. The van der Waals surface area contributed by atoms with E-state index >= 15 is 0 Å². The summed E-state index contributed by atoms with van der Waals surface area (Å²) in [6.07, 6.45) is 4.41. The lowest BCUT2D eigenvalue weighted by Crippen LogP contribution is -2.44. The van der Waals surface area contributed by atoms with Gasteiger partial charge >= 0.3 is 5.97 Å². The molecule has 0 bridgehead atoms. The molecule has 0 unspecified atom stereocenters. The lowest BCUT2D eigenvalue weighted by molar-refractivity contribution is -0.148. The third-order valence-corrected chi connectivity index (χ3v) is 5.61. The highest BCUT2D eigenvalue weighted by molar-refractivity contribution is 5.85. The van der Waals surface area contributed by atoms with E-state index in [9.17, 15) is 9.59 Å². The van der Waals surface area contributed by atoms with Gasteiger partial charge < -0.3 is 4.74 Å². The summed E-state index contributed by atoms with van der Waals surface area (Å²) >= 11 is 0. The average Bonchev–Trinajstić information content (AvgIpc) is 2.77.